The van der Waals surface area contributed by atoms with Gasteiger partial charge in [0.05, 0.1) is 5.54 Å². The molecule has 27 heavy (non-hydrogen) atoms. The van der Waals surface area contributed by atoms with E-state index in [9.17, 15) is 4.79 Å². The molecule has 0 radical (unpaired) electrons. The first-order valence-corrected chi connectivity index (χ1v) is 11.8. The third-order valence-corrected chi connectivity index (χ3v) is 8.06. The van der Waals surface area contributed by atoms with E-state index >= 15 is 0 Å². The lowest BCUT2D eigenvalue weighted by molar-refractivity contribution is 0.0582. The van der Waals surface area contributed by atoms with Crippen molar-refractivity contribution in [3.8, 4) is 0 Å². The Hall–Kier alpha value is -1.04. The number of piperidine rings is 2. The highest BCUT2D eigenvalue weighted by Crippen LogP contribution is 2.40. The number of nitrogens with zero attached hydrogens (tertiary/aromatic N) is 2. The highest BCUT2D eigenvalue weighted by molar-refractivity contribution is 7.99. The molecule has 0 bridgehead atoms. The van der Waals surface area contributed by atoms with Crippen LogP contribution in [0.1, 0.15) is 54.9 Å². The molecule has 3 heterocycles. The molecule has 3 aliphatic rings. The molecule has 0 saturated carbocycles. The fourth-order valence-corrected chi connectivity index (χ4v) is 5.45. The molecule has 1 atom stereocenters. The summed E-state index contributed by atoms with van der Waals surface area (Å²) in [6.07, 6.45) is 8.19. The van der Waals surface area contributed by atoms with E-state index in [0.717, 1.165) is 42.8 Å². The molecule has 1 N–H and O–H groups in total. The van der Waals surface area contributed by atoms with Gasteiger partial charge in [0.15, 0.2) is 0 Å². The maximum Gasteiger partial charge on any atom is 0.252 e. The van der Waals surface area contributed by atoms with Crippen molar-refractivity contribution in [1.82, 2.24) is 15.1 Å². The molecule has 3 aliphatic heterocycles. The lowest BCUT2D eigenvalue weighted by Gasteiger charge is -2.45. The lowest BCUT2D eigenvalue weighted by atomic mass is 9.81. The molecule has 4 nitrogen and oxygen atoms in total. The summed E-state index contributed by atoms with van der Waals surface area (Å²) >= 11 is 1.98. The first-order chi connectivity index (χ1) is 13.1. The fourth-order valence-electron chi connectivity index (χ4n) is 5.11. The summed E-state index contributed by atoms with van der Waals surface area (Å²) in [4.78, 5) is 17.7. The molecule has 1 amide bonds. The third-order valence-electron chi connectivity index (χ3n) is 7.02. The molecule has 4 rings (SSSR count). The minimum absolute atomic E-state index is 0.112. The highest BCUT2D eigenvalue weighted by Gasteiger charge is 2.45. The molecule has 1 unspecified atom stereocenters. The second-order valence-corrected chi connectivity index (χ2v) is 9.80. The standard InChI is InChI=1S/C22H33N3OS/c1-17(27-2)7-12-24-13-8-18(9-14-24)25-15-10-22(11-16-25)20-6-4-3-5-19(20)21(26)23-22/h3-6,17-18H,7-16H2,1-2H3,(H,23,26). The number of fused-ring (bicyclic) bond motifs is 2. The number of carbonyl (C=O) groups is 1. The normalized spacial score (nSPS) is 24.7. The van der Waals surface area contributed by atoms with Gasteiger partial charge in [-0.15, -0.1) is 0 Å². The van der Waals surface area contributed by atoms with Crippen LogP contribution in [0.2, 0.25) is 0 Å². The zero-order valence-electron chi connectivity index (χ0n) is 16.7. The number of thioether (sulfide) groups is 1. The van der Waals surface area contributed by atoms with Gasteiger partial charge in [0.2, 0.25) is 0 Å². The van der Waals surface area contributed by atoms with Crippen molar-refractivity contribution in [2.24, 2.45) is 0 Å². The number of hydrogen-bond acceptors (Lipinski definition) is 4. The molecule has 2 saturated heterocycles. The Balaban J connectivity index is 1.29. The van der Waals surface area contributed by atoms with E-state index in [0.29, 0.717) is 0 Å². The maximum atomic E-state index is 12.4. The van der Waals surface area contributed by atoms with Gasteiger partial charge in [-0.25, -0.2) is 0 Å². The smallest absolute Gasteiger partial charge is 0.252 e. The van der Waals surface area contributed by atoms with E-state index in [1.165, 1.54) is 44.5 Å². The Labute approximate surface area is 168 Å². The van der Waals surface area contributed by atoms with Gasteiger partial charge in [0, 0.05) is 29.9 Å². The maximum absolute atomic E-state index is 12.4. The Morgan fingerprint density at radius 2 is 1.89 bits per heavy atom. The zero-order valence-corrected chi connectivity index (χ0v) is 17.6. The van der Waals surface area contributed by atoms with Crippen molar-refractivity contribution in [2.45, 2.75) is 55.9 Å². The predicted octanol–water partition coefficient (Wildman–Crippen LogP) is 3.33. The fraction of sp³-hybridized carbons (Fsp3) is 0.682. The quantitative estimate of drug-likeness (QED) is 0.841. The van der Waals surface area contributed by atoms with Crippen LogP contribution in [0.15, 0.2) is 24.3 Å². The SMILES string of the molecule is CSC(C)CCN1CCC(N2CCC3(CC2)NC(=O)c2ccccc23)CC1. The van der Waals surface area contributed by atoms with Gasteiger partial charge in [-0.3, -0.25) is 4.79 Å². The molecule has 1 aromatic rings. The van der Waals surface area contributed by atoms with Crippen LogP contribution in [-0.4, -0.2) is 66.0 Å². The van der Waals surface area contributed by atoms with E-state index in [1.807, 2.05) is 23.9 Å². The molecule has 1 aromatic carbocycles. The number of likely N-dealkylation sites (tertiary alicyclic amines) is 2. The molecular formula is C22H33N3OS. The number of rotatable bonds is 5. The predicted molar refractivity (Wildman–Crippen MR) is 113 cm³/mol. The molecule has 0 aromatic heterocycles. The summed E-state index contributed by atoms with van der Waals surface area (Å²) in [6.45, 7) is 8.27. The number of nitrogens with one attached hydrogen (secondary N) is 1. The van der Waals surface area contributed by atoms with Crippen molar-refractivity contribution in [1.29, 1.82) is 0 Å². The summed E-state index contributed by atoms with van der Waals surface area (Å²) in [5, 5.41) is 4.09. The Bertz CT molecular complexity index is 663. The molecule has 2 fully saturated rings. The van der Waals surface area contributed by atoms with E-state index in [2.05, 4.69) is 40.4 Å². The third kappa shape index (κ3) is 3.92. The van der Waals surface area contributed by atoms with E-state index in [1.54, 1.807) is 0 Å². The van der Waals surface area contributed by atoms with Crippen LogP contribution >= 0.6 is 11.8 Å². The van der Waals surface area contributed by atoms with Gasteiger partial charge < -0.3 is 15.1 Å². The van der Waals surface area contributed by atoms with E-state index in [4.69, 9.17) is 0 Å². The topological polar surface area (TPSA) is 35.6 Å². The van der Waals surface area contributed by atoms with Crippen molar-refractivity contribution in [3.05, 3.63) is 35.4 Å². The average molecular weight is 388 g/mol. The number of carbonyl (C=O) groups excluding carboxylic acids is 1. The lowest BCUT2D eigenvalue weighted by Crippen LogP contribution is -2.53. The van der Waals surface area contributed by atoms with Crippen LogP contribution in [-0.2, 0) is 5.54 Å². The van der Waals surface area contributed by atoms with Gasteiger partial charge in [-0.05, 0) is 69.6 Å². The van der Waals surface area contributed by atoms with Gasteiger partial charge in [-0.1, -0.05) is 25.1 Å². The minimum Gasteiger partial charge on any atom is -0.342 e. The number of hydrogen-bond donors (Lipinski definition) is 1. The van der Waals surface area contributed by atoms with Crippen LogP contribution in [0, 0.1) is 0 Å². The van der Waals surface area contributed by atoms with E-state index in [-0.39, 0.29) is 11.4 Å². The average Bonchev–Trinajstić information content (AvgIpc) is 2.99. The second kappa shape index (κ2) is 8.14. The largest absolute Gasteiger partial charge is 0.342 e. The Kier molecular flexibility index (Phi) is 5.81. The van der Waals surface area contributed by atoms with Crippen LogP contribution < -0.4 is 5.32 Å². The van der Waals surface area contributed by atoms with Crippen LogP contribution in [0.3, 0.4) is 0 Å². The molecule has 1 spiro atoms. The van der Waals surface area contributed by atoms with Gasteiger partial charge >= 0.3 is 0 Å². The summed E-state index contributed by atoms with van der Waals surface area (Å²) < 4.78 is 0. The minimum atomic E-state index is -0.112. The second-order valence-electron chi connectivity index (χ2n) is 8.53. The monoisotopic (exact) mass is 387 g/mol. The molecule has 0 aliphatic carbocycles. The Morgan fingerprint density at radius 3 is 2.59 bits per heavy atom. The van der Waals surface area contributed by atoms with Crippen LogP contribution in [0.5, 0.6) is 0 Å². The van der Waals surface area contributed by atoms with Crippen molar-refractivity contribution in [2.75, 3.05) is 39.0 Å². The first-order valence-electron chi connectivity index (χ1n) is 10.5. The van der Waals surface area contributed by atoms with Crippen molar-refractivity contribution < 1.29 is 4.79 Å². The summed E-state index contributed by atoms with van der Waals surface area (Å²) in [7, 11) is 0. The zero-order chi connectivity index (χ0) is 18.9. The van der Waals surface area contributed by atoms with Gasteiger partial charge in [0.25, 0.3) is 5.91 Å². The number of amides is 1. The summed E-state index contributed by atoms with van der Waals surface area (Å²) in [5.41, 5.74) is 2.00. The molecule has 148 valence electrons. The highest BCUT2D eigenvalue weighted by atomic mass is 32.2. The van der Waals surface area contributed by atoms with Gasteiger partial charge in [0.1, 0.15) is 0 Å². The molecular weight excluding hydrogens is 354 g/mol. The van der Waals surface area contributed by atoms with Gasteiger partial charge in [-0.2, -0.15) is 11.8 Å². The van der Waals surface area contributed by atoms with Crippen molar-refractivity contribution >= 4 is 17.7 Å². The molecule has 5 heteroatoms. The number of benzene rings is 1. The van der Waals surface area contributed by atoms with Crippen LogP contribution in [0.4, 0.5) is 0 Å². The summed E-state index contributed by atoms with van der Waals surface area (Å²) in [5.74, 6) is 0.117. The first kappa shape index (κ1) is 19.3. The summed E-state index contributed by atoms with van der Waals surface area (Å²) in [6, 6.07) is 8.89. The van der Waals surface area contributed by atoms with Crippen molar-refractivity contribution in [3.63, 3.8) is 0 Å². The van der Waals surface area contributed by atoms with E-state index < -0.39 is 0 Å². The Morgan fingerprint density at radius 1 is 1.19 bits per heavy atom. The van der Waals surface area contributed by atoms with Crippen LogP contribution in [0.25, 0.3) is 0 Å².